The first kappa shape index (κ1) is 11.3. The maximum Gasteiger partial charge on any atom is 0.195 e. The van der Waals surface area contributed by atoms with Crippen LogP contribution in [0.2, 0.25) is 0 Å². The van der Waals surface area contributed by atoms with Gasteiger partial charge < -0.3 is 0 Å². The van der Waals surface area contributed by atoms with Gasteiger partial charge in [-0.2, -0.15) is 0 Å². The van der Waals surface area contributed by atoms with E-state index in [4.69, 9.17) is 0 Å². The smallest absolute Gasteiger partial charge is 0.195 e. The van der Waals surface area contributed by atoms with Gasteiger partial charge in [0.2, 0.25) is 0 Å². The van der Waals surface area contributed by atoms with Crippen LogP contribution in [0.4, 0.5) is 0 Å². The van der Waals surface area contributed by atoms with Crippen molar-refractivity contribution >= 4 is 12.1 Å². The Balaban J connectivity index is 3.38. The van der Waals surface area contributed by atoms with E-state index < -0.39 is 0 Å². The molecule has 0 aliphatic heterocycles. The van der Waals surface area contributed by atoms with E-state index in [-0.39, 0.29) is 5.78 Å². The number of carbonyl (C=O) groups is 2. The number of rotatable bonds is 7. The molecule has 0 spiro atoms. The third kappa shape index (κ3) is 6.08. The zero-order valence-corrected chi connectivity index (χ0v) is 8.01. The zero-order chi connectivity index (χ0) is 9.40. The van der Waals surface area contributed by atoms with Gasteiger partial charge in [-0.15, -0.1) is 0 Å². The van der Waals surface area contributed by atoms with E-state index in [2.05, 4.69) is 6.92 Å². The second kappa shape index (κ2) is 7.01. The molecule has 0 aliphatic rings. The third-order valence-corrected chi connectivity index (χ3v) is 1.98. The number of unbranched alkanes of at least 4 members (excludes halogenated alkanes) is 2. The minimum Gasteiger partial charge on any atom is -0.295 e. The van der Waals surface area contributed by atoms with Gasteiger partial charge in [0.25, 0.3) is 0 Å². The molecule has 0 aliphatic carbocycles. The molecular weight excluding hydrogens is 152 g/mol. The summed E-state index contributed by atoms with van der Waals surface area (Å²) in [7, 11) is 0. The first-order valence-electron chi connectivity index (χ1n) is 4.68. The lowest BCUT2D eigenvalue weighted by atomic mass is 9.98. The molecule has 0 saturated heterocycles. The summed E-state index contributed by atoms with van der Waals surface area (Å²) in [6, 6.07) is 0. The molecule has 12 heavy (non-hydrogen) atoms. The van der Waals surface area contributed by atoms with E-state index >= 15 is 0 Å². The second-order valence-electron chi connectivity index (χ2n) is 3.39. The summed E-state index contributed by atoms with van der Waals surface area (Å²) in [4.78, 5) is 20.7. The summed E-state index contributed by atoms with van der Waals surface area (Å²) in [6.07, 6.45) is 5.51. The van der Waals surface area contributed by atoms with Crippen LogP contribution < -0.4 is 0 Å². The number of hydrogen-bond donors (Lipinski definition) is 0. The summed E-state index contributed by atoms with van der Waals surface area (Å²) in [5.41, 5.74) is 0. The van der Waals surface area contributed by atoms with Gasteiger partial charge in [-0.05, 0) is 5.92 Å². The van der Waals surface area contributed by atoms with Gasteiger partial charge in [0.05, 0.1) is 0 Å². The lowest BCUT2D eigenvalue weighted by Crippen LogP contribution is -2.06. The molecule has 0 amide bonds. The molecule has 0 heterocycles. The Bertz CT molecular complexity index is 141. The summed E-state index contributed by atoms with van der Waals surface area (Å²) < 4.78 is 0. The van der Waals surface area contributed by atoms with Crippen LogP contribution in [-0.4, -0.2) is 12.1 Å². The Morgan fingerprint density at radius 3 is 2.58 bits per heavy atom. The molecule has 0 rings (SSSR count). The van der Waals surface area contributed by atoms with Crippen LogP contribution in [0, 0.1) is 5.92 Å². The predicted octanol–water partition coefficient (Wildman–Crippen LogP) is 2.36. The molecule has 2 heteroatoms. The van der Waals surface area contributed by atoms with Crippen LogP contribution in [0.3, 0.4) is 0 Å². The highest BCUT2D eigenvalue weighted by Gasteiger charge is 2.06. The molecule has 2 nitrogen and oxygen atoms in total. The molecule has 0 saturated carbocycles. The summed E-state index contributed by atoms with van der Waals surface area (Å²) in [5, 5.41) is 0. The van der Waals surface area contributed by atoms with Gasteiger partial charge in [0, 0.05) is 6.42 Å². The number of carbonyl (C=O) groups excluding carboxylic acids is 2. The quantitative estimate of drug-likeness (QED) is 0.334. The van der Waals surface area contributed by atoms with Crippen molar-refractivity contribution in [2.75, 3.05) is 0 Å². The highest BCUT2D eigenvalue weighted by molar-refractivity contribution is 6.24. The molecule has 1 unspecified atom stereocenters. The molecule has 0 radical (unpaired) electrons. The lowest BCUT2D eigenvalue weighted by Gasteiger charge is -2.06. The third-order valence-electron chi connectivity index (χ3n) is 1.98. The molecule has 0 fully saturated rings. The number of hydrogen-bond acceptors (Lipinski definition) is 2. The molecule has 0 aromatic carbocycles. The van der Waals surface area contributed by atoms with Crippen LogP contribution in [0.15, 0.2) is 0 Å². The molecule has 0 bridgehead atoms. The van der Waals surface area contributed by atoms with Gasteiger partial charge in [0.1, 0.15) is 0 Å². The fraction of sp³-hybridized carbons (Fsp3) is 0.800. The van der Waals surface area contributed by atoms with Gasteiger partial charge >= 0.3 is 0 Å². The van der Waals surface area contributed by atoms with Crippen LogP contribution in [0.5, 0.6) is 0 Å². The number of Topliss-reactive ketones (excluding diaryl/α,β-unsaturated/α-hetero) is 1. The maximum absolute atomic E-state index is 10.7. The van der Waals surface area contributed by atoms with E-state index in [1.807, 2.05) is 6.92 Å². The molecule has 1 atom stereocenters. The van der Waals surface area contributed by atoms with Crippen molar-refractivity contribution < 1.29 is 9.59 Å². The fourth-order valence-electron chi connectivity index (χ4n) is 1.24. The topological polar surface area (TPSA) is 34.1 Å². The first-order chi connectivity index (χ1) is 5.70. The van der Waals surface area contributed by atoms with Crippen molar-refractivity contribution in [3.8, 4) is 0 Å². The lowest BCUT2D eigenvalue weighted by molar-refractivity contribution is -0.130. The molecule has 0 N–H and O–H groups in total. The fourth-order valence-corrected chi connectivity index (χ4v) is 1.24. The highest BCUT2D eigenvalue weighted by atomic mass is 16.2. The van der Waals surface area contributed by atoms with Crippen LogP contribution in [0.25, 0.3) is 0 Å². The molecule has 70 valence electrons. The van der Waals surface area contributed by atoms with Crippen molar-refractivity contribution in [1.29, 1.82) is 0 Å². The van der Waals surface area contributed by atoms with E-state index in [1.165, 1.54) is 19.3 Å². The van der Waals surface area contributed by atoms with Gasteiger partial charge in [-0.25, -0.2) is 0 Å². The Labute approximate surface area is 74.3 Å². The number of aldehydes is 1. The van der Waals surface area contributed by atoms with Crippen molar-refractivity contribution in [2.45, 2.75) is 46.0 Å². The maximum atomic E-state index is 10.7. The molecule has 0 aromatic rings. The average molecular weight is 170 g/mol. The van der Waals surface area contributed by atoms with Crippen molar-refractivity contribution in [3.63, 3.8) is 0 Å². The monoisotopic (exact) mass is 170 g/mol. The van der Waals surface area contributed by atoms with Gasteiger partial charge in [-0.1, -0.05) is 39.5 Å². The van der Waals surface area contributed by atoms with Crippen molar-refractivity contribution in [2.24, 2.45) is 5.92 Å². The average Bonchev–Trinajstić information content (AvgIpc) is 2.05. The van der Waals surface area contributed by atoms with Crippen molar-refractivity contribution in [3.05, 3.63) is 0 Å². The largest absolute Gasteiger partial charge is 0.295 e. The standard InChI is InChI=1S/C10H18O2/c1-3-4-5-6-9(2)7-10(12)8-11/h8-9H,3-7H2,1-2H3. The Morgan fingerprint density at radius 2 is 2.08 bits per heavy atom. The van der Waals surface area contributed by atoms with Crippen molar-refractivity contribution in [1.82, 2.24) is 0 Å². The Kier molecular flexibility index (Phi) is 6.63. The Morgan fingerprint density at radius 1 is 1.42 bits per heavy atom. The van der Waals surface area contributed by atoms with E-state index in [1.54, 1.807) is 0 Å². The van der Waals surface area contributed by atoms with Gasteiger partial charge in [-0.3, -0.25) is 9.59 Å². The first-order valence-corrected chi connectivity index (χ1v) is 4.68. The van der Waals surface area contributed by atoms with E-state index in [9.17, 15) is 9.59 Å². The minimum atomic E-state index is -0.265. The summed E-state index contributed by atoms with van der Waals surface area (Å²) in [6.45, 7) is 4.18. The van der Waals surface area contributed by atoms with E-state index in [0.29, 0.717) is 18.6 Å². The highest BCUT2D eigenvalue weighted by Crippen LogP contribution is 2.12. The summed E-state index contributed by atoms with van der Waals surface area (Å²) >= 11 is 0. The number of ketones is 1. The van der Waals surface area contributed by atoms with Crippen LogP contribution in [-0.2, 0) is 9.59 Å². The van der Waals surface area contributed by atoms with Crippen LogP contribution >= 0.6 is 0 Å². The molecule has 0 aromatic heterocycles. The predicted molar refractivity (Wildman–Crippen MR) is 49.0 cm³/mol. The zero-order valence-electron chi connectivity index (χ0n) is 8.01. The minimum absolute atomic E-state index is 0.265. The Hall–Kier alpha value is -0.660. The van der Waals surface area contributed by atoms with Gasteiger partial charge in [0.15, 0.2) is 12.1 Å². The normalized spacial score (nSPS) is 12.5. The second-order valence-corrected chi connectivity index (χ2v) is 3.39. The summed E-state index contributed by atoms with van der Waals surface area (Å²) in [5.74, 6) is 0.105. The van der Waals surface area contributed by atoms with Crippen LogP contribution in [0.1, 0.15) is 46.0 Å². The van der Waals surface area contributed by atoms with E-state index in [0.717, 1.165) is 6.42 Å². The molecular formula is C10H18O2. The SMILES string of the molecule is CCCCCC(C)CC(=O)C=O.